The molecule has 0 saturated heterocycles. The standard InChI is InChI=1S/C21H18BrCl2NO3/c1-27-20-10-9-17(22)15(11-25-13-5-7-14(26)8-6-13)21(20)28-12-16-18(23)3-2-4-19(16)24/h2-10,25-26H,11-12H2,1H3. The molecule has 4 nitrogen and oxygen atoms in total. The molecule has 0 aliphatic heterocycles. The Hall–Kier alpha value is -2.08. The highest BCUT2D eigenvalue weighted by Crippen LogP contribution is 2.38. The van der Waals surface area contributed by atoms with Crippen molar-refractivity contribution in [2.24, 2.45) is 0 Å². The van der Waals surface area contributed by atoms with E-state index in [0.717, 1.165) is 15.7 Å². The van der Waals surface area contributed by atoms with Crippen molar-refractivity contribution in [2.75, 3.05) is 12.4 Å². The van der Waals surface area contributed by atoms with Gasteiger partial charge in [-0.2, -0.15) is 0 Å². The SMILES string of the molecule is COc1ccc(Br)c(CNc2ccc(O)cc2)c1OCc1c(Cl)cccc1Cl. The summed E-state index contributed by atoms with van der Waals surface area (Å²) in [5, 5.41) is 13.8. The highest BCUT2D eigenvalue weighted by atomic mass is 79.9. The molecule has 3 rings (SSSR count). The number of anilines is 1. The molecular weight excluding hydrogens is 465 g/mol. The van der Waals surface area contributed by atoms with E-state index in [2.05, 4.69) is 21.2 Å². The Morgan fingerprint density at radius 1 is 0.964 bits per heavy atom. The van der Waals surface area contributed by atoms with Gasteiger partial charge >= 0.3 is 0 Å². The number of methoxy groups -OCH3 is 1. The van der Waals surface area contributed by atoms with Crippen LogP contribution in [0.4, 0.5) is 5.69 Å². The number of hydrogen-bond donors (Lipinski definition) is 2. The number of phenolic OH excluding ortho intramolecular Hbond substituents is 1. The highest BCUT2D eigenvalue weighted by Gasteiger charge is 2.16. The van der Waals surface area contributed by atoms with Gasteiger partial charge in [-0.1, -0.05) is 45.2 Å². The van der Waals surface area contributed by atoms with Gasteiger partial charge in [-0.15, -0.1) is 0 Å². The number of nitrogens with one attached hydrogen (secondary N) is 1. The molecule has 7 heteroatoms. The lowest BCUT2D eigenvalue weighted by Crippen LogP contribution is -2.06. The molecule has 3 aromatic carbocycles. The van der Waals surface area contributed by atoms with Gasteiger partial charge in [-0.25, -0.2) is 0 Å². The first-order valence-electron chi connectivity index (χ1n) is 8.43. The zero-order valence-corrected chi connectivity index (χ0v) is 18.1. The number of ether oxygens (including phenoxy) is 2. The van der Waals surface area contributed by atoms with Gasteiger partial charge in [-0.05, 0) is 48.5 Å². The largest absolute Gasteiger partial charge is 0.508 e. The van der Waals surface area contributed by atoms with E-state index in [-0.39, 0.29) is 12.4 Å². The monoisotopic (exact) mass is 481 g/mol. The number of aromatic hydroxyl groups is 1. The molecule has 0 atom stereocenters. The second-order valence-electron chi connectivity index (χ2n) is 5.95. The molecule has 0 spiro atoms. The van der Waals surface area contributed by atoms with E-state index in [1.54, 1.807) is 49.6 Å². The van der Waals surface area contributed by atoms with Crippen molar-refractivity contribution in [3.63, 3.8) is 0 Å². The van der Waals surface area contributed by atoms with Crippen LogP contribution in [0.15, 0.2) is 59.1 Å². The van der Waals surface area contributed by atoms with Gasteiger partial charge in [0.15, 0.2) is 11.5 Å². The van der Waals surface area contributed by atoms with Gasteiger partial charge in [0, 0.05) is 37.9 Å². The van der Waals surface area contributed by atoms with Crippen LogP contribution in [-0.4, -0.2) is 12.2 Å². The lowest BCUT2D eigenvalue weighted by Gasteiger charge is -2.18. The molecule has 0 heterocycles. The van der Waals surface area contributed by atoms with Gasteiger partial charge in [0.05, 0.1) is 7.11 Å². The van der Waals surface area contributed by atoms with Crippen molar-refractivity contribution in [2.45, 2.75) is 13.2 Å². The molecule has 0 amide bonds. The molecule has 0 aliphatic rings. The minimum Gasteiger partial charge on any atom is -0.508 e. The Balaban J connectivity index is 1.86. The van der Waals surface area contributed by atoms with Crippen LogP contribution in [0.1, 0.15) is 11.1 Å². The zero-order valence-electron chi connectivity index (χ0n) is 15.0. The van der Waals surface area contributed by atoms with Gasteiger partial charge in [0.25, 0.3) is 0 Å². The quantitative estimate of drug-likeness (QED) is 0.369. The Morgan fingerprint density at radius 3 is 2.29 bits per heavy atom. The van der Waals surface area contributed by atoms with Crippen LogP contribution in [0, 0.1) is 0 Å². The Morgan fingerprint density at radius 2 is 1.64 bits per heavy atom. The third-order valence-electron chi connectivity index (χ3n) is 4.15. The summed E-state index contributed by atoms with van der Waals surface area (Å²) in [5.74, 6) is 1.42. The van der Waals surface area contributed by atoms with Crippen LogP contribution in [0.3, 0.4) is 0 Å². The predicted molar refractivity (Wildman–Crippen MR) is 117 cm³/mol. The molecule has 0 aromatic heterocycles. The van der Waals surface area contributed by atoms with E-state index in [4.69, 9.17) is 32.7 Å². The Bertz CT molecular complexity index is 944. The summed E-state index contributed by atoms with van der Waals surface area (Å²) in [6.07, 6.45) is 0. The van der Waals surface area contributed by atoms with Gasteiger partial charge < -0.3 is 19.9 Å². The fourth-order valence-electron chi connectivity index (χ4n) is 2.65. The van der Waals surface area contributed by atoms with Crippen LogP contribution >= 0.6 is 39.1 Å². The molecule has 0 bridgehead atoms. The van der Waals surface area contributed by atoms with Crippen molar-refractivity contribution < 1.29 is 14.6 Å². The topological polar surface area (TPSA) is 50.7 Å². The molecule has 0 saturated carbocycles. The summed E-state index contributed by atoms with van der Waals surface area (Å²) >= 11 is 16.1. The van der Waals surface area contributed by atoms with Gasteiger partial charge in [0.1, 0.15) is 12.4 Å². The second-order valence-corrected chi connectivity index (χ2v) is 7.62. The molecule has 0 aliphatic carbocycles. The van der Waals surface area contributed by atoms with E-state index < -0.39 is 0 Å². The predicted octanol–water partition coefficient (Wildman–Crippen LogP) is 6.66. The molecule has 28 heavy (non-hydrogen) atoms. The molecular formula is C21H18BrCl2NO3. The maximum absolute atomic E-state index is 9.43. The number of benzene rings is 3. The summed E-state index contributed by atoms with van der Waals surface area (Å²) in [6.45, 7) is 0.686. The molecule has 3 aromatic rings. The maximum Gasteiger partial charge on any atom is 0.167 e. The van der Waals surface area contributed by atoms with E-state index >= 15 is 0 Å². The van der Waals surface area contributed by atoms with Gasteiger partial charge in [0.2, 0.25) is 0 Å². The fraction of sp³-hybridized carbons (Fsp3) is 0.143. The summed E-state index contributed by atoms with van der Waals surface area (Å²) in [4.78, 5) is 0. The minimum absolute atomic E-state index is 0.206. The van der Waals surface area contributed by atoms with Crippen LogP contribution in [0.25, 0.3) is 0 Å². The van der Waals surface area contributed by atoms with Crippen LogP contribution < -0.4 is 14.8 Å². The molecule has 2 N–H and O–H groups in total. The maximum atomic E-state index is 9.43. The minimum atomic E-state index is 0.206. The number of rotatable bonds is 7. The smallest absolute Gasteiger partial charge is 0.167 e. The zero-order chi connectivity index (χ0) is 20.1. The molecule has 0 fully saturated rings. The van der Waals surface area contributed by atoms with Gasteiger partial charge in [-0.3, -0.25) is 0 Å². The third-order valence-corrected chi connectivity index (χ3v) is 5.60. The normalized spacial score (nSPS) is 10.6. The summed E-state index contributed by atoms with van der Waals surface area (Å²) in [7, 11) is 1.59. The van der Waals surface area contributed by atoms with Crippen molar-refractivity contribution in [1.82, 2.24) is 0 Å². The first kappa shape index (κ1) is 20.6. The van der Waals surface area contributed by atoms with Crippen LogP contribution in [-0.2, 0) is 13.2 Å². The summed E-state index contributed by atoms with van der Waals surface area (Å²) in [6, 6.07) is 15.9. The second kappa shape index (κ2) is 9.41. The molecule has 146 valence electrons. The summed E-state index contributed by atoms with van der Waals surface area (Å²) < 4.78 is 12.5. The van der Waals surface area contributed by atoms with Crippen LogP contribution in [0.2, 0.25) is 10.0 Å². The average molecular weight is 483 g/mol. The first-order valence-corrected chi connectivity index (χ1v) is 9.98. The van der Waals surface area contributed by atoms with Crippen molar-refractivity contribution in [3.05, 3.63) is 80.2 Å². The van der Waals surface area contributed by atoms with E-state index in [9.17, 15) is 5.11 Å². The van der Waals surface area contributed by atoms with Crippen molar-refractivity contribution >= 4 is 44.8 Å². The molecule has 0 unspecified atom stereocenters. The third kappa shape index (κ3) is 4.85. The van der Waals surface area contributed by atoms with E-state index in [0.29, 0.717) is 33.7 Å². The lowest BCUT2D eigenvalue weighted by atomic mass is 10.1. The van der Waals surface area contributed by atoms with E-state index in [1.165, 1.54) is 0 Å². The number of halogens is 3. The summed E-state index contributed by atoms with van der Waals surface area (Å²) in [5.41, 5.74) is 2.47. The van der Waals surface area contributed by atoms with Crippen molar-refractivity contribution in [1.29, 1.82) is 0 Å². The fourth-order valence-corrected chi connectivity index (χ4v) is 3.61. The van der Waals surface area contributed by atoms with E-state index in [1.807, 2.05) is 12.1 Å². The Kier molecular flexibility index (Phi) is 6.94. The molecule has 0 radical (unpaired) electrons. The number of phenols is 1. The van der Waals surface area contributed by atoms with Crippen LogP contribution in [0.5, 0.6) is 17.2 Å². The highest BCUT2D eigenvalue weighted by molar-refractivity contribution is 9.10. The van der Waals surface area contributed by atoms with Crippen molar-refractivity contribution in [3.8, 4) is 17.2 Å². The number of hydrogen-bond acceptors (Lipinski definition) is 4. The first-order chi connectivity index (χ1) is 13.5. The lowest BCUT2D eigenvalue weighted by molar-refractivity contribution is 0.281. The Labute approximate surface area is 182 Å². The average Bonchev–Trinajstić information content (AvgIpc) is 2.68.